The first-order valence-electron chi connectivity index (χ1n) is 4.38. The molecule has 0 saturated heterocycles. The van der Waals surface area contributed by atoms with Crippen LogP contribution in [-0.4, -0.2) is 11.2 Å². The van der Waals surface area contributed by atoms with Crippen LogP contribution in [0.15, 0.2) is 0 Å². The van der Waals surface area contributed by atoms with Gasteiger partial charge in [-0.2, -0.15) is 0 Å². The molecule has 0 heterocycles. The first-order valence-corrected chi connectivity index (χ1v) is 4.38. The highest BCUT2D eigenvalue weighted by molar-refractivity contribution is 4.97. The fourth-order valence-electron chi connectivity index (χ4n) is 3.02. The Kier molecular flexibility index (Phi) is 1.31. The van der Waals surface area contributed by atoms with Crippen LogP contribution in [0.4, 0.5) is 0 Å². The molecule has 0 aromatic carbocycles. The maximum Gasteiger partial charge on any atom is 0.0596 e. The van der Waals surface area contributed by atoms with Crippen molar-refractivity contribution in [2.45, 2.75) is 32.8 Å². The molecule has 2 aliphatic rings. The van der Waals surface area contributed by atoms with Crippen LogP contribution < -0.4 is 0 Å². The second-order valence-electron chi connectivity index (χ2n) is 4.22. The van der Waals surface area contributed by atoms with Crippen LogP contribution in [0.5, 0.6) is 0 Å². The number of aliphatic hydroxyl groups is 1. The van der Waals surface area contributed by atoms with E-state index in [-0.39, 0.29) is 6.10 Å². The van der Waals surface area contributed by atoms with E-state index >= 15 is 0 Å². The molecule has 1 heteroatoms. The predicted molar refractivity (Wildman–Crippen MR) is 40.5 cm³/mol. The minimum absolute atomic E-state index is 0.0289. The van der Waals surface area contributed by atoms with E-state index in [4.69, 9.17) is 0 Å². The molecule has 10 heavy (non-hydrogen) atoms. The molecule has 0 spiro atoms. The van der Waals surface area contributed by atoms with Gasteiger partial charge in [0.1, 0.15) is 0 Å². The molecule has 1 N–H and O–H groups in total. The molecule has 0 radical (unpaired) electrons. The molecular formula is C9H16O. The second-order valence-corrected chi connectivity index (χ2v) is 4.22. The third-order valence-corrected chi connectivity index (χ3v) is 3.68. The summed E-state index contributed by atoms with van der Waals surface area (Å²) >= 11 is 0. The van der Waals surface area contributed by atoms with E-state index in [0.29, 0.717) is 11.8 Å². The molecule has 0 aliphatic heterocycles. The van der Waals surface area contributed by atoms with Crippen molar-refractivity contribution < 1.29 is 5.11 Å². The minimum Gasteiger partial charge on any atom is -0.393 e. The summed E-state index contributed by atoms with van der Waals surface area (Å²) in [6.07, 6.45) is 2.60. The maximum absolute atomic E-state index is 9.61. The smallest absolute Gasteiger partial charge is 0.0596 e. The molecule has 2 fully saturated rings. The van der Waals surface area contributed by atoms with E-state index in [1.165, 1.54) is 12.8 Å². The van der Waals surface area contributed by atoms with Crippen LogP contribution in [0.1, 0.15) is 26.7 Å². The summed E-state index contributed by atoms with van der Waals surface area (Å²) in [7, 11) is 0. The van der Waals surface area contributed by atoms with Gasteiger partial charge in [-0.05, 0) is 36.5 Å². The molecule has 1 nitrogen and oxygen atoms in total. The van der Waals surface area contributed by atoms with Crippen molar-refractivity contribution >= 4 is 0 Å². The lowest BCUT2D eigenvalue weighted by molar-refractivity contribution is 0.0503. The molecule has 58 valence electrons. The van der Waals surface area contributed by atoms with E-state index in [0.717, 1.165) is 11.8 Å². The summed E-state index contributed by atoms with van der Waals surface area (Å²) in [5, 5.41) is 9.61. The molecule has 2 aliphatic carbocycles. The summed E-state index contributed by atoms with van der Waals surface area (Å²) in [4.78, 5) is 0. The van der Waals surface area contributed by atoms with Crippen LogP contribution in [-0.2, 0) is 0 Å². The van der Waals surface area contributed by atoms with Gasteiger partial charge in [0.15, 0.2) is 0 Å². The quantitative estimate of drug-likeness (QED) is 0.542. The van der Waals surface area contributed by atoms with Gasteiger partial charge in [0, 0.05) is 0 Å². The lowest BCUT2D eigenvalue weighted by atomic mass is 9.81. The third kappa shape index (κ3) is 0.672. The van der Waals surface area contributed by atoms with Crippen molar-refractivity contribution in [1.82, 2.24) is 0 Å². The van der Waals surface area contributed by atoms with Crippen molar-refractivity contribution in [2.75, 3.05) is 0 Å². The lowest BCUT2D eigenvalue weighted by Gasteiger charge is -2.28. The Hall–Kier alpha value is -0.0400. The molecule has 0 amide bonds. The van der Waals surface area contributed by atoms with E-state index < -0.39 is 0 Å². The molecule has 2 rings (SSSR count). The number of rotatable bonds is 0. The summed E-state index contributed by atoms with van der Waals surface area (Å²) in [5.74, 6) is 2.94. The fraction of sp³-hybridized carbons (Fsp3) is 1.00. The topological polar surface area (TPSA) is 20.2 Å². The number of hydrogen-bond donors (Lipinski definition) is 1. The van der Waals surface area contributed by atoms with Crippen molar-refractivity contribution in [3.8, 4) is 0 Å². The zero-order valence-electron chi connectivity index (χ0n) is 6.75. The third-order valence-electron chi connectivity index (χ3n) is 3.68. The number of hydrogen-bond acceptors (Lipinski definition) is 1. The van der Waals surface area contributed by atoms with E-state index in [2.05, 4.69) is 13.8 Å². The normalized spacial score (nSPS) is 59.7. The Morgan fingerprint density at radius 3 is 2.30 bits per heavy atom. The van der Waals surface area contributed by atoms with Crippen molar-refractivity contribution in [2.24, 2.45) is 23.7 Å². The second kappa shape index (κ2) is 1.97. The largest absolute Gasteiger partial charge is 0.393 e. The summed E-state index contributed by atoms with van der Waals surface area (Å²) in [6, 6.07) is 0. The first kappa shape index (κ1) is 6.66. The zero-order chi connectivity index (χ0) is 7.30. The Morgan fingerprint density at radius 2 is 1.90 bits per heavy atom. The van der Waals surface area contributed by atoms with E-state index in [1.54, 1.807) is 0 Å². The molecule has 2 saturated carbocycles. The Balaban J connectivity index is 2.16. The Labute approximate surface area is 62.4 Å². The van der Waals surface area contributed by atoms with Crippen LogP contribution in [0.2, 0.25) is 0 Å². The molecule has 5 atom stereocenters. The van der Waals surface area contributed by atoms with Gasteiger partial charge in [0.2, 0.25) is 0 Å². The predicted octanol–water partition coefficient (Wildman–Crippen LogP) is 1.66. The SMILES string of the molecule is CC1C(O)C2CC1[C@@H](C)C2. The lowest BCUT2D eigenvalue weighted by Crippen LogP contribution is -2.28. The van der Waals surface area contributed by atoms with E-state index in [9.17, 15) is 5.11 Å². The van der Waals surface area contributed by atoms with Gasteiger partial charge in [0.05, 0.1) is 6.10 Å². The molecular weight excluding hydrogens is 124 g/mol. The van der Waals surface area contributed by atoms with Crippen LogP contribution in [0.3, 0.4) is 0 Å². The average Bonchev–Trinajstić information content (AvgIpc) is 2.36. The monoisotopic (exact) mass is 140 g/mol. The van der Waals surface area contributed by atoms with Crippen molar-refractivity contribution in [3.05, 3.63) is 0 Å². The number of aliphatic hydroxyl groups excluding tert-OH is 1. The molecule has 0 aromatic heterocycles. The van der Waals surface area contributed by atoms with Gasteiger partial charge in [-0.1, -0.05) is 13.8 Å². The molecule has 4 unspecified atom stereocenters. The zero-order valence-corrected chi connectivity index (χ0v) is 6.75. The molecule has 0 aromatic rings. The summed E-state index contributed by atoms with van der Waals surface area (Å²) in [6.45, 7) is 4.53. The summed E-state index contributed by atoms with van der Waals surface area (Å²) in [5.41, 5.74) is 0. The van der Waals surface area contributed by atoms with Crippen LogP contribution in [0, 0.1) is 23.7 Å². The van der Waals surface area contributed by atoms with Gasteiger partial charge in [0.25, 0.3) is 0 Å². The Bertz CT molecular complexity index is 142. The minimum atomic E-state index is 0.0289. The first-order chi connectivity index (χ1) is 4.70. The average molecular weight is 140 g/mol. The van der Waals surface area contributed by atoms with Gasteiger partial charge in [-0.3, -0.25) is 0 Å². The highest BCUT2D eigenvalue weighted by Crippen LogP contribution is 2.51. The van der Waals surface area contributed by atoms with Crippen molar-refractivity contribution in [3.63, 3.8) is 0 Å². The number of fused-ring (bicyclic) bond motifs is 2. The summed E-state index contributed by atoms with van der Waals surface area (Å²) < 4.78 is 0. The van der Waals surface area contributed by atoms with Crippen molar-refractivity contribution in [1.29, 1.82) is 0 Å². The van der Waals surface area contributed by atoms with Crippen LogP contribution in [0.25, 0.3) is 0 Å². The molecule has 2 bridgehead atoms. The van der Waals surface area contributed by atoms with Gasteiger partial charge < -0.3 is 5.11 Å². The van der Waals surface area contributed by atoms with Gasteiger partial charge in [-0.25, -0.2) is 0 Å². The van der Waals surface area contributed by atoms with Gasteiger partial charge in [-0.15, -0.1) is 0 Å². The standard InChI is InChI=1S/C9H16O/c1-5-3-7-4-8(5)6(2)9(7)10/h5-10H,3-4H2,1-2H3/t5-,6?,7?,8?,9?/m0/s1. The maximum atomic E-state index is 9.61. The Morgan fingerprint density at radius 1 is 1.20 bits per heavy atom. The van der Waals surface area contributed by atoms with E-state index in [1.807, 2.05) is 0 Å². The van der Waals surface area contributed by atoms with Gasteiger partial charge >= 0.3 is 0 Å². The highest BCUT2D eigenvalue weighted by Gasteiger charge is 2.48. The fourth-order valence-corrected chi connectivity index (χ4v) is 3.02. The van der Waals surface area contributed by atoms with Crippen LogP contribution >= 0.6 is 0 Å². The highest BCUT2D eigenvalue weighted by atomic mass is 16.3.